The highest BCUT2D eigenvalue weighted by molar-refractivity contribution is 5.91. The summed E-state index contributed by atoms with van der Waals surface area (Å²) in [4.78, 5) is 22.8. The van der Waals surface area contributed by atoms with Crippen molar-refractivity contribution in [2.75, 3.05) is 6.54 Å². The van der Waals surface area contributed by atoms with Crippen molar-refractivity contribution in [1.29, 1.82) is 0 Å². The molecule has 0 spiro atoms. The number of carbonyl (C=O) groups is 2. The van der Waals surface area contributed by atoms with Gasteiger partial charge in [-0.25, -0.2) is 0 Å². The number of carbonyl (C=O) groups excluding carboxylic acids is 1. The molecule has 1 saturated carbocycles. The van der Waals surface area contributed by atoms with Gasteiger partial charge in [-0.1, -0.05) is 37.8 Å². The molecule has 1 aliphatic carbocycles. The van der Waals surface area contributed by atoms with Crippen molar-refractivity contribution in [1.82, 2.24) is 5.32 Å². The van der Waals surface area contributed by atoms with Gasteiger partial charge in [0.05, 0.1) is 12.2 Å². The van der Waals surface area contributed by atoms with Crippen LogP contribution in [0.2, 0.25) is 0 Å². The van der Waals surface area contributed by atoms with Crippen LogP contribution in [0.5, 0.6) is 0 Å². The van der Waals surface area contributed by atoms with Crippen LogP contribution >= 0.6 is 0 Å². The maximum atomic E-state index is 12.2. The molecule has 0 aromatic heterocycles. The van der Waals surface area contributed by atoms with Gasteiger partial charge < -0.3 is 15.2 Å². The largest absolute Gasteiger partial charge is 0.481 e. The quantitative estimate of drug-likeness (QED) is 0.219. The minimum absolute atomic E-state index is 0.252. The highest BCUT2D eigenvalue weighted by Gasteiger charge is 2.47. The summed E-state index contributed by atoms with van der Waals surface area (Å²) in [5.74, 6) is 1.12. The van der Waals surface area contributed by atoms with Crippen LogP contribution in [-0.2, 0) is 14.3 Å². The van der Waals surface area contributed by atoms with E-state index >= 15 is 0 Å². The predicted molar refractivity (Wildman–Crippen MR) is 123 cm³/mol. The maximum Gasteiger partial charge on any atom is 0.303 e. The Labute approximate surface area is 187 Å². The number of allylic oxidation sites excluding steroid dienone is 3. The molecule has 3 fully saturated rings. The van der Waals surface area contributed by atoms with Gasteiger partial charge in [-0.2, -0.15) is 0 Å². The van der Waals surface area contributed by atoms with Gasteiger partial charge in [-0.3, -0.25) is 9.59 Å². The first-order valence-corrected chi connectivity index (χ1v) is 12.6. The van der Waals surface area contributed by atoms with Crippen molar-refractivity contribution in [3.63, 3.8) is 0 Å². The number of rotatable bonds is 14. The molecule has 0 unspecified atom stereocenters. The van der Waals surface area contributed by atoms with E-state index in [9.17, 15) is 9.59 Å². The lowest BCUT2D eigenvalue weighted by Crippen LogP contribution is -2.27. The lowest BCUT2D eigenvalue weighted by Gasteiger charge is -2.27. The number of ether oxygens (including phenoxy) is 1. The fraction of sp³-hybridized carbons (Fsp3) is 0.769. The minimum atomic E-state index is -0.712. The molecule has 2 N–H and O–H groups in total. The fourth-order valence-corrected chi connectivity index (χ4v) is 5.69. The van der Waals surface area contributed by atoms with Crippen LogP contribution in [-0.4, -0.2) is 35.6 Å². The van der Waals surface area contributed by atoms with Crippen LogP contribution in [0, 0.1) is 17.8 Å². The number of fused-ring (bicyclic) bond motifs is 2. The molecule has 0 aromatic carbocycles. The van der Waals surface area contributed by atoms with Gasteiger partial charge in [0.15, 0.2) is 5.78 Å². The second kappa shape index (κ2) is 13.0. The molecule has 0 amide bonds. The third kappa shape index (κ3) is 7.78. The SMILES string of the molecule is O=C(O)CCC/C=C\C[C@H]1[C@@H](CCCCNC=CC(=O)C2CCCCC2)[C@H]2CC[C@@H]1O2. The zero-order valence-electron chi connectivity index (χ0n) is 19.0. The lowest BCUT2D eigenvalue weighted by atomic mass is 9.75. The molecule has 3 aliphatic rings. The number of unbranched alkanes of at least 4 members (excludes halogenated alkanes) is 2. The van der Waals surface area contributed by atoms with E-state index in [0.29, 0.717) is 29.8 Å². The average Bonchev–Trinajstić information content (AvgIpc) is 3.38. The summed E-state index contributed by atoms with van der Waals surface area (Å²) in [6, 6.07) is 0. The number of hydrogen-bond donors (Lipinski definition) is 2. The Kier molecular flexibility index (Phi) is 10.1. The number of carboxylic acid groups (broad SMARTS) is 1. The second-order valence-corrected chi connectivity index (χ2v) is 9.63. The molecule has 2 bridgehead atoms. The molecule has 0 radical (unpaired) electrons. The highest BCUT2D eigenvalue weighted by atomic mass is 16.5. The summed E-state index contributed by atoms with van der Waals surface area (Å²) in [6.45, 7) is 0.921. The highest BCUT2D eigenvalue weighted by Crippen LogP contribution is 2.47. The zero-order valence-corrected chi connectivity index (χ0v) is 19.0. The average molecular weight is 432 g/mol. The summed E-state index contributed by atoms with van der Waals surface area (Å²) in [6.07, 6.45) is 23.5. The monoisotopic (exact) mass is 431 g/mol. The Morgan fingerprint density at radius 1 is 0.935 bits per heavy atom. The van der Waals surface area contributed by atoms with Crippen molar-refractivity contribution < 1.29 is 19.4 Å². The van der Waals surface area contributed by atoms with E-state index in [-0.39, 0.29) is 12.3 Å². The van der Waals surface area contributed by atoms with Gasteiger partial charge in [-0.05, 0) is 81.9 Å². The Balaban J connectivity index is 1.28. The second-order valence-electron chi connectivity index (χ2n) is 9.63. The van der Waals surface area contributed by atoms with E-state index in [2.05, 4.69) is 17.5 Å². The van der Waals surface area contributed by atoms with Gasteiger partial charge in [0.25, 0.3) is 0 Å². The van der Waals surface area contributed by atoms with E-state index in [1.165, 1.54) is 44.9 Å². The fourth-order valence-electron chi connectivity index (χ4n) is 5.69. The molecule has 2 aliphatic heterocycles. The van der Waals surface area contributed by atoms with Gasteiger partial charge >= 0.3 is 5.97 Å². The van der Waals surface area contributed by atoms with E-state index in [4.69, 9.17) is 9.84 Å². The van der Waals surface area contributed by atoms with Crippen LogP contribution in [0.1, 0.15) is 89.9 Å². The predicted octanol–water partition coefficient (Wildman–Crippen LogP) is 5.40. The summed E-state index contributed by atoms with van der Waals surface area (Å²) in [7, 11) is 0. The Morgan fingerprint density at radius 3 is 2.48 bits per heavy atom. The minimum Gasteiger partial charge on any atom is -0.481 e. The first-order valence-electron chi connectivity index (χ1n) is 12.6. The molecule has 5 nitrogen and oxygen atoms in total. The van der Waals surface area contributed by atoms with E-state index in [1.807, 2.05) is 6.20 Å². The van der Waals surface area contributed by atoms with Gasteiger partial charge in [0.1, 0.15) is 0 Å². The van der Waals surface area contributed by atoms with Crippen molar-refractivity contribution in [2.24, 2.45) is 17.8 Å². The zero-order chi connectivity index (χ0) is 21.9. The van der Waals surface area contributed by atoms with E-state index in [1.54, 1.807) is 6.08 Å². The molecule has 5 heteroatoms. The van der Waals surface area contributed by atoms with E-state index in [0.717, 1.165) is 45.1 Å². The summed E-state index contributed by atoms with van der Waals surface area (Å²) in [5, 5.41) is 12.0. The normalized spacial score (nSPS) is 28.6. The molecule has 2 heterocycles. The summed E-state index contributed by atoms with van der Waals surface area (Å²) >= 11 is 0. The molecule has 31 heavy (non-hydrogen) atoms. The molecular formula is C26H41NO4. The third-order valence-corrected chi connectivity index (χ3v) is 7.41. The van der Waals surface area contributed by atoms with Gasteiger partial charge in [0.2, 0.25) is 0 Å². The molecule has 2 saturated heterocycles. The van der Waals surface area contributed by atoms with Crippen LogP contribution in [0.25, 0.3) is 0 Å². The van der Waals surface area contributed by atoms with Crippen LogP contribution in [0.4, 0.5) is 0 Å². The third-order valence-electron chi connectivity index (χ3n) is 7.41. The van der Waals surface area contributed by atoms with Crippen LogP contribution < -0.4 is 5.32 Å². The van der Waals surface area contributed by atoms with Gasteiger partial charge in [0, 0.05) is 18.9 Å². The van der Waals surface area contributed by atoms with Crippen molar-refractivity contribution in [2.45, 2.75) is 102 Å². The Morgan fingerprint density at radius 2 is 1.71 bits per heavy atom. The van der Waals surface area contributed by atoms with Crippen molar-refractivity contribution >= 4 is 11.8 Å². The van der Waals surface area contributed by atoms with Gasteiger partial charge in [-0.15, -0.1) is 0 Å². The molecule has 174 valence electrons. The van der Waals surface area contributed by atoms with Crippen molar-refractivity contribution in [3.05, 3.63) is 24.4 Å². The summed E-state index contributed by atoms with van der Waals surface area (Å²) < 4.78 is 6.21. The maximum absolute atomic E-state index is 12.2. The standard InChI is InChI=1S/C26H41NO4/c28-23(20-10-4-3-5-11-20)17-19-27-18-9-8-13-22-21(24-15-16-25(22)31-24)12-6-1-2-7-14-26(29)30/h1,6,17,19-22,24-25,27H,2-5,7-16,18H2,(H,29,30)/b6-1-,19-17?/t21-,22+,24-,25+/m0/s1. The number of aliphatic carboxylic acids is 1. The number of ketones is 1. The van der Waals surface area contributed by atoms with Crippen LogP contribution in [0.15, 0.2) is 24.4 Å². The number of carboxylic acids is 1. The molecular weight excluding hydrogens is 390 g/mol. The lowest BCUT2D eigenvalue weighted by molar-refractivity contribution is -0.137. The molecule has 3 rings (SSSR count). The smallest absolute Gasteiger partial charge is 0.303 e. The Hall–Kier alpha value is -1.62. The topological polar surface area (TPSA) is 75.6 Å². The van der Waals surface area contributed by atoms with Crippen molar-refractivity contribution in [3.8, 4) is 0 Å². The number of nitrogens with one attached hydrogen (secondary N) is 1. The van der Waals surface area contributed by atoms with E-state index < -0.39 is 5.97 Å². The first-order chi connectivity index (χ1) is 15.1. The number of hydrogen-bond acceptors (Lipinski definition) is 4. The summed E-state index contributed by atoms with van der Waals surface area (Å²) in [5.41, 5.74) is 0. The molecule has 0 aromatic rings. The molecule has 4 atom stereocenters. The van der Waals surface area contributed by atoms with Crippen LogP contribution in [0.3, 0.4) is 0 Å². The first kappa shape index (κ1) is 24.0. The Bertz CT molecular complexity index is 623.